The van der Waals surface area contributed by atoms with Gasteiger partial charge in [0.15, 0.2) is 0 Å². The van der Waals surface area contributed by atoms with Crippen molar-refractivity contribution < 1.29 is 9.53 Å². The first kappa shape index (κ1) is 8.74. The maximum atomic E-state index is 10.6. The summed E-state index contributed by atoms with van der Waals surface area (Å²) < 4.78 is 4.05. The number of hydrogen-bond acceptors (Lipinski definition) is 2. The molecular formula is C5H3Br3O2. The van der Waals surface area contributed by atoms with Crippen molar-refractivity contribution in [2.45, 2.75) is 8.25 Å². The minimum Gasteiger partial charge on any atom is -0.438 e. The third-order valence-electron chi connectivity index (χ3n) is 1.00. The van der Waals surface area contributed by atoms with Gasteiger partial charge in [0.1, 0.15) is 3.74 Å². The molecule has 0 bridgehead atoms. The summed E-state index contributed by atoms with van der Waals surface area (Å²) in [5, 5.41) is 0. The molecule has 1 rings (SSSR count). The summed E-state index contributed by atoms with van der Waals surface area (Å²) in [6.07, 6.45) is 3.02. The second-order valence-corrected chi connectivity index (χ2v) is 6.05. The van der Waals surface area contributed by atoms with Crippen LogP contribution in [-0.4, -0.2) is 14.2 Å². The summed E-state index contributed by atoms with van der Waals surface area (Å²) in [7, 11) is 0. The Labute approximate surface area is 83.4 Å². The number of rotatable bonds is 1. The second kappa shape index (κ2) is 2.95. The maximum Gasteiger partial charge on any atom is 0.332 e. The first-order valence-electron chi connectivity index (χ1n) is 2.44. The fourth-order valence-corrected chi connectivity index (χ4v) is 1.31. The average Bonchev–Trinajstić information content (AvgIpc) is 2.13. The molecule has 0 saturated heterocycles. The first-order valence-corrected chi connectivity index (χ1v) is 5.06. The fraction of sp³-hybridized carbons (Fsp3) is 0.400. The molecule has 0 spiro atoms. The van der Waals surface area contributed by atoms with Gasteiger partial charge >= 0.3 is 5.97 Å². The van der Waals surface area contributed by atoms with Crippen molar-refractivity contribution in [3.63, 3.8) is 0 Å². The lowest BCUT2D eigenvalue weighted by Crippen LogP contribution is -2.26. The number of cyclic esters (lactones) is 1. The molecule has 0 N–H and O–H groups in total. The van der Waals surface area contributed by atoms with E-state index in [0.29, 0.717) is 0 Å². The van der Waals surface area contributed by atoms with Gasteiger partial charge in [0.25, 0.3) is 0 Å². The standard InChI is InChI=1S/C5H3Br3O2/c6-4(7)5(8)2-1-3(9)10-5/h1-2,4H. The smallest absolute Gasteiger partial charge is 0.332 e. The number of alkyl halides is 3. The second-order valence-electron chi connectivity index (χ2n) is 1.75. The van der Waals surface area contributed by atoms with E-state index >= 15 is 0 Å². The van der Waals surface area contributed by atoms with Crippen molar-refractivity contribution in [2.24, 2.45) is 0 Å². The lowest BCUT2D eigenvalue weighted by Gasteiger charge is -2.20. The zero-order valence-corrected chi connectivity index (χ0v) is 9.44. The minimum absolute atomic E-state index is 0.116. The van der Waals surface area contributed by atoms with Crippen LogP contribution in [0.4, 0.5) is 0 Å². The molecule has 0 amide bonds. The van der Waals surface area contributed by atoms with Crippen LogP contribution >= 0.6 is 47.8 Å². The van der Waals surface area contributed by atoms with Gasteiger partial charge in [-0.05, 0) is 22.0 Å². The van der Waals surface area contributed by atoms with Crippen LogP contribution in [0.25, 0.3) is 0 Å². The Balaban J connectivity index is 2.74. The van der Waals surface area contributed by atoms with Crippen LogP contribution in [0.3, 0.4) is 0 Å². The number of ether oxygens (including phenoxy) is 1. The van der Waals surface area contributed by atoms with Gasteiger partial charge in [-0.1, -0.05) is 31.9 Å². The molecule has 1 unspecified atom stereocenters. The molecule has 5 heteroatoms. The van der Waals surface area contributed by atoms with Gasteiger partial charge in [-0.2, -0.15) is 0 Å². The third-order valence-corrected chi connectivity index (χ3v) is 4.47. The van der Waals surface area contributed by atoms with Crippen molar-refractivity contribution >= 4 is 53.8 Å². The zero-order chi connectivity index (χ0) is 7.78. The van der Waals surface area contributed by atoms with E-state index in [2.05, 4.69) is 47.8 Å². The van der Waals surface area contributed by atoms with Crippen LogP contribution < -0.4 is 0 Å². The molecule has 56 valence electrons. The Morgan fingerprint density at radius 3 is 2.40 bits per heavy atom. The van der Waals surface area contributed by atoms with Crippen molar-refractivity contribution in [3.05, 3.63) is 12.2 Å². The molecule has 0 aliphatic carbocycles. The summed E-state index contributed by atoms with van der Waals surface area (Å²) in [5.41, 5.74) is 0. The summed E-state index contributed by atoms with van der Waals surface area (Å²) in [4.78, 5) is 10.6. The Bertz CT molecular complexity index is 189. The van der Waals surface area contributed by atoms with Crippen LogP contribution in [0.5, 0.6) is 0 Å². The average molecular weight is 335 g/mol. The Hall–Kier alpha value is 0.650. The monoisotopic (exact) mass is 332 g/mol. The minimum atomic E-state index is -0.718. The van der Waals surface area contributed by atoms with Crippen molar-refractivity contribution in [1.82, 2.24) is 0 Å². The van der Waals surface area contributed by atoms with Gasteiger partial charge in [-0.3, -0.25) is 0 Å². The predicted molar refractivity (Wildman–Crippen MR) is 48.5 cm³/mol. The largest absolute Gasteiger partial charge is 0.438 e. The quantitative estimate of drug-likeness (QED) is 0.543. The molecule has 2 nitrogen and oxygen atoms in total. The molecule has 0 fully saturated rings. The van der Waals surface area contributed by atoms with Crippen LogP contribution in [0.2, 0.25) is 0 Å². The van der Waals surface area contributed by atoms with E-state index in [1.807, 2.05) is 0 Å². The number of esters is 1. The Kier molecular flexibility index (Phi) is 2.58. The summed E-state index contributed by atoms with van der Waals surface area (Å²) >= 11 is 9.68. The van der Waals surface area contributed by atoms with Crippen LogP contribution in [0.15, 0.2) is 12.2 Å². The van der Waals surface area contributed by atoms with E-state index in [1.54, 1.807) is 6.08 Å². The highest BCUT2D eigenvalue weighted by atomic mass is 79.9. The Morgan fingerprint density at radius 2 is 2.20 bits per heavy atom. The number of carbonyl (C=O) groups excluding carboxylic acids is 1. The molecule has 0 saturated carbocycles. The van der Waals surface area contributed by atoms with Gasteiger partial charge in [0, 0.05) is 6.08 Å². The molecule has 1 aliphatic rings. The van der Waals surface area contributed by atoms with Gasteiger partial charge < -0.3 is 4.74 Å². The van der Waals surface area contributed by atoms with Gasteiger partial charge in [0.05, 0.1) is 0 Å². The molecule has 0 radical (unpaired) electrons. The maximum absolute atomic E-state index is 10.6. The highest BCUT2D eigenvalue weighted by Gasteiger charge is 2.38. The highest BCUT2D eigenvalue weighted by molar-refractivity contribution is 9.25. The van der Waals surface area contributed by atoms with Crippen molar-refractivity contribution in [1.29, 1.82) is 0 Å². The third kappa shape index (κ3) is 1.62. The summed E-state index contributed by atoms with van der Waals surface area (Å²) in [5.74, 6) is -0.333. The SMILES string of the molecule is O=C1C=CC(Br)(C(Br)Br)O1. The fourth-order valence-electron chi connectivity index (χ4n) is 0.521. The lowest BCUT2D eigenvalue weighted by molar-refractivity contribution is -0.139. The molecular weight excluding hydrogens is 332 g/mol. The van der Waals surface area contributed by atoms with Crippen molar-refractivity contribution in [2.75, 3.05) is 0 Å². The lowest BCUT2D eigenvalue weighted by atomic mass is 10.4. The Morgan fingerprint density at radius 1 is 1.60 bits per heavy atom. The van der Waals surface area contributed by atoms with Crippen LogP contribution in [0, 0.1) is 0 Å². The van der Waals surface area contributed by atoms with E-state index in [0.717, 1.165) is 0 Å². The summed E-state index contributed by atoms with van der Waals surface area (Å²) in [6.45, 7) is 0. The van der Waals surface area contributed by atoms with Gasteiger partial charge in [-0.25, -0.2) is 4.79 Å². The first-order chi connectivity index (χ1) is 4.54. The van der Waals surface area contributed by atoms with Crippen LogP contribution in [0.1, 0.15) is 0 Å². The van der Waals surface area contributed by atoms with Gasteiger partial charge in [-0.15, -0.1) is 0 Å². The number of hydrogen-bond donors (Lipinski definition) is 0. The highest BCUT2D eigenvalue weighted by Crippen LogP contribution is 2.37. The topological polar surface area (TPSA) is 26.3 Å². The molecule has 0 aromatic carbocycles. The van der Waals surface area contributed by atoms with Crippen molar-refractivity contribution in [3.8, 4) is 0 Å². The van der Waals surface area contributed by atoms with E-state index in [9.17, 15) is 4.79 Å². The van der Waals surface area contributed by atoms with E-state index in [-0.39, 0.29) is 9.71 Å². The summed E-state index contributed by atoms with van der Waals surface area (Å²) in [6, 6.07) is 0. The van der Waals surface area contributed by atoms with E-state index in [4.69, 9.17) is 4.74 Å². The normalized spacial score (nSPS) is 31.4. The molecule has 0 aromatic heterocycles. The van der Waals surface area contributed by atoms with Gasteiger partial charge in [0.2, 0.25) is 4.51 Å². The predicted octanol–water partition coefficient (Wildman–Crippen LogP) is 2.31. The number of carbonyl (C=O) groups is 1. The number of halogens is 3. The van der Waals surface area contributed by atoms with Crippen LogP contribution in [-0.2, 0) is 9.53 Å². The molecule has 1 atom stereocenters. The molecule has 0 aromatic rings. The van der Waals surface area contributed by atoms with E-state index < -0.39 is 4.51 Å². The molecule has 1 heterocycles. The van der Waals surface area contributed by atoms with E-state index in [1.165, 1.54) is 6.08 Å². The molecule has 10 heavy (non-hydrogen) atoms. The molecule has 1 aliphatic heterocycles. The zero-order valence-electron chi connectivity index (χ0n) is 4.68.